The fraction of sp³-hybridized carbons (Fsp3) is 0.375. The van der Waals surface area contributed by atoms with E-state index in [1.807, 2.05) is 6.92 Å². The molecule has 23 heavy (non-hydrogen) atoms. The van der Waals surface area contributed by atoms with Crippen molar-refractivity contribution < 1.29 is 19.4 Å². The van der Waals surface area contributed by atoms with Crippen molar-refractivity contribution in [2.24, 2.45) is 5.92 Å². The van der Waals surface area contributed by atoms with Gasteiger partial charge in [0.1, 0.15) is 11.5 Å². The second-order valence-corrected chi connectivity index (χ2v) is 5.84. The molecule has 0 spiro atoms. The van der Waals surface area contributed by atoms with Gasteiger partial charge in [0.15, 0.2) is 11.4 Å². The lowest BCUT2D eigenvalue weighted by Gasteiger charge is -2.33. The second-order valence-electron chi connectivity index (χ2n) is 5.84. The molecule has 6 nitrogen and oxygen atoms in total. The third-order valence-electron chi connectivity index (χ3n) is 4.20. The predicted octanol–water partition coefficient (Wildman–Crippen LogP) is 1.56. The van der Waals surface area contributed by atoms with Crippen LogP contribution in [0.15, 0.2) is 30.5 Å². The van der Waals surface area contributed by atoms with Crippen molar-refractivity contribution >= 4 is 5.91 Å². The molecular formula is C16H18FN3O3. The van der Waals surface area contributed by atoms with E-state index < -0.39 is 17.8 Å². The number of rotatable bonds is 2. The summed E-state index contributed by atoms with van der Waals surface area (Å²) in [6.07, 6.45) is 1.29. The fourth-order valence-corrected chi connectivity index (χ4v) is 2.66. The summed E-state index contributed by atoms with van der Waals surface area (Å²) in [6.45, 7) is 2.62. The number of hydrogen-bond donors (Lipinski definition) is 2. The minimum absolute atomic E-state index is 0.128. The highest BCUT2D eigenvalue weighted by atomic mass is 19.1. The second kappa shape index (κ2) is 6.00. The smallest absolute Gasteiger partial charge is 0.278 e. The van der Waals surface area contributed by atoms with Gasteiger partial charge in [0.2, 0.25) is 0 Å². The molecule has 1 saturated heterocycles. The van der Waals surface area contributed by atoms with E-state index in [0.29, 0.717) is 13.0 Å². The number of aliphatic hydroxyl groups excluding tert-OH is 1. The van der Waals surface area contributed by atoms with Crippen LogP contribution in [-0.4, -0.2) is 50.0 Å². The van der Waals surface area contributed by atoms with Gasteiger partial charge in [-0.2, -0.15) is 5.10 Å². The number of amides is 1. The van der Waals surface area contributed by atoms with Crippen LogP contribution >= 0.6 is 0 Å². The van der Waals surface area contributed by atoms with E-state index in [1.54, 1.807) is 12.1 Å². The number of hydrogen-bond acceptors (Lipinski definition) is 4. The van der Waals surface area contributed by atoms with E-state index in [-0.39, 0.29) is 29.6 Å². The van der Waals surface area contributed by atoms with Gasteiger partial charge in [0, 0.05) is 13.1 Å². The molecule has 1 aromatic carbocycles. The van der Waals surface area contributed by atoms with Crippen molar-refractivity contribution in [2.45, 2.75) is 19.4 Å². The number of aromatic nitrogens is 2. The van der Waals surface area contributed by atoms with Gasteiger partial charge in [-0.1, -0.05) is 19.1 Å². The Morgan fingerprint density at radius 3 is 2.83 bits per heavy atom. The number of carbonyl (C=O) groups is 1. The molecule has 2 N–H and O–H groups in total. The first kappa shape index (κ1) is 15.5. The lowest BCUT2D eigenvalue weighted by atomic mass is 9.96. The van der Waals surface area contributed by atoms with Crippen molar-refractivity contribution in [3.8, 4) is 11.4 Å². The number of carbonyl (C=O) groups excluding carboxylic acids is 1. The van der Waals surface area contributed by atoms with E-state index in [4.69, 9.17) is 0 Å². The summed E-state index contributed by atoms with van der Waals surface area (Å²) in [5.74, 6) is -1.16. The third kappa shape index (κ3) is 2.92. The molecule has 1 amide bonds. The summed E-state index contributed by atoms with van der Waals surface area (Å²) < 4.78 is 14.9. The van der Waals surface area contributed by atoms with Gasteiger partial charge >= 0.3 is 0 Å². The molecule has 2 unspecified atom stereocenters. The molecule has 2 aromatic rings. The summed E-state index contributed by atoms with van der Waals surface area (Å²) >= 11 is 0. The van der Waals surface area contributed by atoms with Crippen LogP contribution in [0, 0.1) is 11.7 Å². The van der Waals surface area contributed by atoms with Crippen LogP contribution in [0.4, 0.5) is 4.39 Å². The van der Waals surface area contributed by atoms with Gasteiger partial charge in [-0.3, -0.25) is 4.79 Å². The van der Waals surface area contributed by atoms with Gasteiger partial charge in [-0.05, 0) is 24.5 Å². The fourth-order valence-electron chi connectivity index (χ4n) is 2.66. The number of likely N-dealkylation sites (tertiary alicyclic amines) is 1. The first-order valence-corrected chi connectivity index (χ1v) is 7.48. The van der Waals surface area contributed by atoms with Gasteiger partial charge < -0.3 is 15.1 Å². The quantitative estimate of drug-likeness (QED) is 0.880. The maximum atomic E-state index is 13.8. The standard InChI is InChI=1S/C16H18FN3O3/c1-10-6-7-19(8-13(10)21)16(23)15-14(22)9-20(18-15)12-5-3-2-4-11(12)17/h2-5,9-10,13,21-22H,6-8H2,1H3. The molecular weight excluding hydrogens is 301 g/mol. The molecule has 7 heteroatoms. The first-order valence-electron chi connectivity index (χ1n) is 7.48. The Labute approximate surface area is 132 Å². The molecule has 0 radical (unpaired) electrons. The maximum Gasteiger partial charge on any atom is 0.278 e. The van der Waals surface area contributed by atoms with E-state index in [9.17, 15) is 19.4 Å². The highest BCUT2D eigenvalue weighted by molar-refractivity contribution is 5.95. The predicted molar refractivity (Wildman–Crippen MR) is 80.9 cm³/mol. The zero-order valence-corrected chi connectivity index (χ0v) is 12.7. The van der Waals surface area contributed by atoms with E-state index in [0.717, 1.165) is 4.68 Å². The lowest BCUT2D eigenvalue weighted by molar-refractivity contribution is 0.0243. The molecule has 2 heterocycles. The van der Waals surface area contributed by atoms with Gasteiger partial charge in [-0.25, -0.2) is 9.07 Å². The van der Waals surface area contributed by atoms with Gasteiger partial charge in [0.05, 0.1) is 12.3 Å². The summed E-state index contributed by atoms with van der Waals surface area (Å²) in [4.78, 5) is 13.9. The van der Waals surface area contributed by atoms with Crippen molar-refractivity contribution in [1.82, 2.24) is 14.7 Å². The molecule has 1 aliphatic heterocycles. The number of para-hydroxylation sites is 1. The molecule has 1 aromatic heterocycles. The Kier molecular flexibility index (Phi) is 4.04. The minimum atomic E-state index is -0.594. The van der Waals surface area contributed by atoms with Crippen LogP contribution in [0.25, 0.3) is 5.69 Å². The molecule has 0 aliphatic carbocycles. The molecule has 3 rings (SSSR count). The molecule has 1 aliphatic rings. The van der Waals surface area contributed by atoms with Gasteiger partial charge in [-0.15, -0.1) is 0 Å². The Morgan fingerprint density at radius 2 is 2.13 bits per heavy atom. The average molecular weight is 319 g/mol. The molecule has 2 atom stereocenters. The monoisotopic (exact) mass is 319 g/mol. The van der Waals surface area contributed by atoms with Crippen molar-refractivity contribution in [3.63, 3.8) is 0 Å². The van der Waals surface area contributed by atoms with Crippen molar-refractivity contribution in [2.75, 3.05) is 13.1 Å². The number of aliphatic hydroxyl groups is 1. The van der Waals surface area contributed by atoms with E-state index in [1.165, 1.54) is 23.2 Å². The molecule has 0 saturated carbocycles. The van der Waals surface area contributed by atoms with Crippen LogP contribution < -0.4 is 0 Å². The number of piperidine rings is 1. The molecule has 122 valence electrons. The normalized spacial score (nSPS) is 21.4. The summed E-state index contributed by atoms with van der Waals surface area (Å²) in [6, 6.07) is 5.96. The largest absolute Gasteiger partial charge is 0.504 e. The number of β-amino-alcohol motifs (C(OH)–C–C–N with tert-alkyl or cyclic N) is 1. The molecule has 1 fully saturated rings. The van der Waals surface area contributed by atoms with Crippen molar-refractivity contribution in [1.29, 1.82) is 0 Å². The summed E-state index contributed by atoms with van der Waals surface area (Å²) in [5, 5.41) is 23.9. The molecule has 0 bridgehead atoms. The maximum absolute atomic E-state index is 13.8. The van der Waals surface area contributed by atoms with Crippen LogP contribution in [-0.2, 0) is 0 Å². The number of aromatic hydroxyl groups is 1. The van der Waals surface area contributed by atoms with Crippen LogP contribution in [0.3, 0.4) is 0 Å². The third-order valence-corrected chi connectivity index (χ3v) is 4.20. The minimum Gasteiger partial charge on any atom is -0.504 e. The first-order chi connectivity index (χ1) is 11.0. The van der Waals surface area contributed by atoms with Crippen LogP contribution in [0.1, 0.15) is 23.8 Å². The highest BCUT2D eigenvalue weighted by Gasteiger charge is 2.30. The Balaban J connectivity index is 1.87. The summed E-state index contributed by atoms with van der Waals surface area (Å²) in [5.41, 5.74) is 0.00385. The van der Waals surface area contributed by atoms with E-state index >= 15 is 0 Å². The van der Waals surface area contributed by atoms with Crippen molar-refractivity contribution in [3.05, 3.63) is 42.0 Å². The van der Waals surface area contributed by atoms with Gasteiger partial charge in [0.25, 0.3) is 5.91 Å². The highest BCUT2D eigenvalue weighted by Crippen LogP contribution is 2.24. The van der Waals surface area contributed by atoms with Crippen LogP contribution in [0.2, 0.25) is 0 Å². The van der Waals surface area contributed by atoms with Crippen LogP contribution in [0.5, 0.6) is 5.75 Å². The lowest BCUT2D eigenvalue weighted by Crippen LogP contribution is -2.46. The number of nitrogens with zero attached hydrogens (tertiary/aromatic N) is 3. The average Bonchev–Trinajstić information content (AvgIpc) is 2.91. The van der Waals surface area contributed by atoms with E-state index in [2.05, 4.69) is 5.10 Å². The zero-order valence-electron chi connectivity index (χ0n) is 12.7. The topological polar surface area (TPSA) is 78.6 Å². The number of benzene rings is 1. The number of halogens is 1. The summed E-state index contributed by atoms with van der Waals surface area (Å²) in [7, 11) is 0. The Bertz CT molecular complexity index is 731. The Morgan fingerprint density at radius 1 is 1.39 bits per heavy atom. The Hall–Kier alpha value is -2.41. The zero-order chi connectivity index (χ0) is 16.6. The SMILES string of the molecule is CC1CCN(C(=O)c2nn(-c3ccccc3F)cc2O)CC1O.